The Labute approximate surface area is 291 Å². The molecule has 0 saturated heterocycles. The van der Waals surface area contributed by atoms with Crippen LogP contribution in [0.2, 0.25) is 13.1 Å². The maximum absolute atomic E-state index is 2.51. The predicted octanol–water partition coefficient (Wildman–Crippen LogP) is 4.89. The van der Waals surface area contributed by atoms with Gasteiger partial charge in [-0.2, -0.15) is 0 Å². The zero-order valence-corrected chi connectivity index (χ0v) is 31.9. The molecule has 223 valence electrons. The molecule has 5 heteroatoms. The molecular weight excluding hydrogens is 679 g/mol. The third-order valence-electron chi connectivity index (χ3n) is 12.0. The number of allylic oxidation sites excluding steroid dienone is 2. The van der Waals surface area contributed by atoms with Crippen molar-refractivity contribution in [2.24, 2.45) is 23.7 Å². The minimum Gasteiger partial charge on any atom is -1.00 e. The Morgan fingerprint density at radius 1 is 0.860 bits per heavy atom. The largest absolute Gasteiger partial charge is 1.00 e. The Morgan fingerprint density at radius 3 is 2.05 bits per heavy atom. The first-order valence-electron chi connectivity index (χ1n) is 16.1. The van der Waals surface area contributed by atoms with Crippen LogP contribution in [0.5, 0.6) is 0 Å². The van der Waals surface area contributed by atoms with Crippen LogP contribution >= 0.6 is 11.3 Å². The van der Waals surface area contributed by atoms with Gasteiger partial charge in [0.15, 0.2) is 0 Å². The summed E-state index contributed by atoms with van der Waals surface area (Å²) in [6, 6.07) is 19.1. The first-order chi connectivity index (χ1) is 19.7. The average molecular weight is 722 g/mol. The van der Waals surface area contributed by atoms with Crippen molar-refractivity contribution in [2.45, 2.75) is 87.0 Å². The van der Waals surface area contributed by atoms with E-state index in [2.05, 4.69) is 93.9 Å². The van der Waals surface area contributed by atoms with Gasteiger partial charge in [-0.15, -0.1) is 11.3 Å². The Bertz CT molecular complexity index is 1580. The second-order valence-corrected chi connectivity index (χ2v) is 22.1. The first kappa shape index (κ1) is 32.2. The van der Waals surface area contributed by atoms with Crippen molar-refractivity contribution in [1.29, 1.82) is 0 Å². The third kappa shape index (κ3) is 4.88. The van der Waals surface area contributed by atoms with E-state index in [9.17, 15) is 0 Å². The molecule has 2 aliphatic heterocycles. The van der Waals surface area contributed by atoms with Crippen LogP contribution in [-0.2, 0) is 30.1 Å². The molecule has 0 nitrogen and oxygen atoms in total. The molecule has 3 aromatic rings. The van der Waals surface area contributed by atoms with Crippen LogP contribution < -0.4 is 24.8 Å². The first-order valence-corrected chi connectivity index (χ1v) is 21.5. The van der Waals surface area contributed by atoms with E-state index >= 15 is 0 Å². The molecule has 0 radical (unpaired) electrons. The molecule has 4 fully saturated rings. The molecule has 6 aliphatic carbocycles. The number of hydrogen-bond acceptors (Lipinski definition) is 1. The van der Waals surface area contributed by atoms with E-state index in [1.807, 2.05) is 11.3 Å². The van der Waals surface area contributed by atoms with E-state index < -0.39 is 8.07 Å². The van der Waals surface area contributed by atoms with Crippen molar-refractivity contribution in [3.63, 3.8) is 0 Å². The summed E-state index contributed by atoms with van der Waals surface area (Å²) in [6.07, 6.45) is 11.5. The second kappa shape index (κ2) is 11.5. The number of halogens is 2. The molecule has 11 rings (SSSR count). The summed E-state index contributed by atoms with van der Waals surface area (Å²) in [5, 5.41) is 4.01. The van der Waals surface area contributed by atoms with Crippen molar-refractivity contribution in [3.8, 4) is 11.1 Å². The summed E-state index contributed by atoms with van der Waals surface area (Å²) in [6.45, 7) is 12.0. The van der Waals surface area contributed by atoms with Crippen LogP contribution in [0, 0.1) is 23.7 Å². The van der Waals surface area contributed by atoms with Gasteiger partial charge in [0.1, 0.15) is 0 Å². The zero-order chi connectivity index (χ0) is 28.3. The van der Waals surface area contributed by atoms with E-state index in [1.165, 1.54) is 55.2 Å². The fourth-order valence-electron chi connectivity index (χ4n) is 10.7. The summed E-state index contributed by atoms with van der Waals surface area (Å²) in [4.78, 5) is 1.68. The van der Waals surface area contributed by atoms with Gasteiger partial charge in [0, 0.05) is 10.4 Å². The van der Waals surface area contributed by atoms with Gasteiger partial charge < -0.3 is 24.8 Å². The molecule has 0 N–H and O–H groups in total. The molecule has 1 aromatic heterocycles. The van der Waals surface area contributed by atoms with Crippen LogP contribution in [0.1, 0.15) is 95.6 Å². The predicted molar refractivity (Wildman–Crippen MR) is 174 cm³/mol. The Hall–Kier alpha value is -0.700. The smallest absolute Gasteiger partial charge is 0.0941 e. The minimum absolute atomic E-state index is 0. The molecule has 4 saturated carbocycles. The van der Waals surface area contributed by atoms with Gasteiger partial charge in [-0.1, -0.05) is 23.9 Å². The summed E-state index contributed by atoms with van der Waals surface area (Å²) in [5.41, 5.74) is 13.8. The monoisotopic (exact) mass is 719 g/mol. The van der Waals surface area contributed by atoms with Crippen molar-refractivity contribution in [1.82, 2.24) is 0 Å². The van der Waals surface area contributed by atoms with E-state index in [1.54, 1.807) is 62.6 Å². The summed E-state index contributed by atoms with van der Waals surface area (Å²) in [7, 11) is -0.972. The van der Waals surface area contributed by atoms with E-state index in [0.29, 0.717) is 15.0 Å². The van der Waals surface area contributed by atoms with Crippen molar-refractivity contribution < 1.29 is 49.5 Å². The molecule has 2 unspecified atom stereocenters. The molecule has 2 atom stereocenters. The summed E-state index contributed by atoms with van der Waals surface area (Å²) < 4.78 is 0.642. The molecule has 2 aromatic carbocycles. The number of benzene rings is 2. The molecule has 0 amide bonds. The van der Waals surface area contributed by atoms with Crippen LogP contribution in [0.4, 0.5) is 0 Å². The number of fused-ring (bicyclic) bond motifs is 1. The van der Waals surface area contributed by atoms with Crippen molar-refractivity contribution in [3.05, 3.63) is 92.2 Å². The van der Waals surface area contributed by atoms with Gasteiger partial charge in [0.05, 0.1) is 8.07 Å². The molecular formula is C38H43Cl2SSiZr. The Balaban J connectivity index is 0.000000197. The molecule has 0 spiro atoms. The summed E-state index contributed by atoms with van der Waals surface area (Å²) in [5.74, 6) is 3.68. The van der Waals surface area contributed by atoms with Crippen molar-refractivity contribution in [2.75, 3.05) is 0 Å². The Kier molecular flexibility index (Phi) is 8.64. The van der Waals surface area contributed by atoms with E-state index in [0.717, 1.165) is 23.3 Å². The maximum Gasteiger partial charge on any atom is 0.0941 e. The van der Waals surface area contributed by atoms with E-state index in [-0.39, 0.29) is 24.8 Å². The van der Waals surface area contributed by atoms with Gasteiger partial charge in [-0.3, -0.25) is 0 Å². The van der Waals surface area contributed by atoms with Gasteiger partial charge in [-0.25, -0.2) is 0 Å². The number of hydrogen-bond donors (Lipinski definition) is 0. The van der Waals surface area contributed by atoms with Gasteiger partial charge >= 0.3 is 192 Å². The van der Waals surface area contributed by atoms with Crippen LogP contribution in [-0.4, -0.2) is 8.07 Å². The third-order valence-corrected chi connectivity index (χ3v) is 18.9. The molecule has 43 heavy (non-hydrogen) atoms. The van der Waals surface area contributed by atoms with Gasteiger partial charge in [0.25, 0.3) is 0 Å². The van der Waals surface area contributed by atoms with Crippen molar-refractivity contribution >= 4 is 30.7 Å². The minimum atomic E-state index is -0.972. The van der Waals surface area contributed by atoms with Crippen LogP contribution in [0.25, 0.3) is 22.4 Å². The molecule has 3 heterocycles. The zero-order valence-electron chi connectivity index (χ0n) is 26.1. The normalized spacial score (nSPS) is 31.3. The summed E-state index contributed by atoms with van der Waals surface area (Å²) >= 11 is 3.58. The molecule has 6 bridgehead atoms. The quantitative estimate of drug-likeness (QED) is 0.339. The van der Waals surface area contributed by atoms with Crippen LogP contribution in [0.3, 0.4) is 0 Å². The average Bonchev–Trinajstić information content (AvgIpc) is 3.65. The number of rotatable bonds is 3. The van der Waals surface area contributed by atoms with E-state index in [4.69, 9.17) is 0 Å². The fraction of sp³-hybridized carbons (Fsp3) is 0.474. The SMILES string of the molecule is CC(C)C1=Cc2c(-c3ccc(C45CC6CC(CC(C6)C4)C5)cc3)cccc2[CH]1[Zr+2].CC1=C2c3ccsc3C1[Si]2(C)C.[Cl-].[Cl-]. The second-order valence-electron chi connectivity index (χ2n) is 15.2. The number of thiophene rings is 1. The maximum atomic E-state index is 2.51. The standard InChI is InChI=1S/C28H31.C10H12SSi.2ClH.Zr/c1-18(2)24-13-23-4-3-5-26(27(23)14-24)22-6-8-25(9-7-22)28-15-19-10-20(16-28)12-21(11-19)17-28;1-6-9-7-4-5-11-8(7)10(6)12(9,2)3;;;/h3-9,13-14,18-21H,10-12,15-17H2,1-2H3;4-5,10H,1-3H3;2*1H;/q;;;;+2/p-2. The Morgan fingerprint density at radius 2 is 1.49 bits per heavy atom. The molecule has 8 aliphatic rings. The van der Waals surface area contributed by atoms with Gasteiger partial charge in [0.2, 0.25) is 0 Å². The topological polar surface area (TPSA) is 0 Å². The van der Waals surface area contributed by atoms with Crippen LogP contribution in [0.15, 0.2) is 65.1 Å². The fourth-order valence-corrected chi connectivity index (χ4v) is 18.7. The van der Waals surface area contributed by atoms with Gasteiger partial charge in [-0.05, 0) is 23.9 Å².